The largest absolute Gasteiger partial charge is 0.382 e. The third kappa shape index (κ3) is 1.61. The summed E-state index contributed by atoms with van der Waals surface area (Å²) in [5, 5.41) is 6.69. The second-order valence-corrected chi connectivity index (χ2v) is 3.03. The van der Waals surface area contributed by atoms with E-state index in [1.165, 1.54) is 10.7 Å². The zero-order chi connectivity index (χ0) is 10.8. The summed E-state index contributed by atoms with van der Waals surface area (Å²) in [5.41, 5.74) is 6.52. The van der Waals surface area contributed by atoms with Crippen molar-refractivity contribution in [2.75, 3.05) is 12.3 Å². The van der Waals surface area contributed by atoms with Gasteiger partial charge in [-0.15, -0.1) is 5.10 Å². The van der Waals surface area contributed by atoms with Crippen molar-refractivity contribution in [1.29, 1.82) is 0 Å². The van der Waals surface area contributed by atoms with Crippen LogP contribution in [-0.2, 0) is 0 Å². The van der Waals surface area contributed by atoms with Crippen LogP contribution in [0.3, 0.4) is 0 Å². The van der Waals surface area contributed by atoms with E-state index >= 15 is 0 Å². The molecule has 0 aliphatic rings. The Kier molecular flexibility index (Phi) is 2.24. The first kappa shape index (κ1) is 9.45. The van der Waals surface area contributed by atoms with Crippen molar-refractivity contribution in [3.05, 3.63) is 24.0 Å². The van der Waals surface area contributed by atoms with Crippen LogP contribution in [0.25, 0.3) is 5.65 Å². The molecule has 0 bridgehead atoms. The molecule has 0 aliphatic heterocycles. The predicted molar refractivity (Wildman–Crippen MR) is 55.4 cm³/mol. The Labute approximate surface area is 86.1 Å². The van der Waals surface area contributed by atoms with Crippen LogP contribution in [0.2, 0.25) is 0 Å². The highest BCUT2D eigenvalue weighted by atomic mass is 16.2. The summed E-state index contributed by atoms with van der Waals surface area (Å²) in [6.07, 6.45) is 1.48. The van der Waals surface area contributed by atoms with Gasteiger partial charge in [0.25, 0.3) is 5.91 Å². The molecule has 0 unspecified atom stereocenters. The van der Waals surface area contributed by atoms with Gasteiger partial charge in [0.1, 0.15) is 5.82 Å². The average Bonchev–Trinajstić information content (AvgIpc) is 2.60. The quantitative estimate of drug-likeness (QED) is 0.726. The Morgan fingerprint density at radius 1 is 1.60 bits per heavy atom. The number of fused-ring (bicyclic) bond motifs is 1. The first-order valence-corrected chi connectivity index (χ1v) is 4.61. The van der Waals surface area contributed by atoms with Crippen molar-refractivity contribution >= 4 is 17.4 Å². The molecule has 0 saturated heterocycles. The van der Waals surface area contributed by atoms with E-state index in [0.717, 1.165) is 0 Å². The fourth-order valence-corrected chi connectivity index (χ4v) is 1.29. The summed E-state index contributed by atoms with van der Waals surface area (Å²) < 4.78 is 1.43. The number of rotatable bonds is 2. The molecule has 1 amide bonds. The monoisotopic (exact) mass is 205 g/mol. The topological polar surface area (TPSA) is 85.3 Å². The van der Waals surface area contributed by atoms with Crippen LogP contribution < -0.4 is 11.1 Å². The number of nitrogens with one attached hydrogen (secondary N) is 1. The normalized spacial score (nSPS) is 10.5. The number of imidazole rings is 1. The van der Waals surface area contributed by atoms with Gasteiger partial charge in [0.2, 0.25) is 0 Å². The maximum atomic E-state index is 11.6. The molecule has 0 atom stereocenters. The molecule has 0 fully saturated rings. The number of nitrogens with two attached hydrogens (primary N) is 1. The van der Waals surface area contributed by atoms with Crippen LogP contribution in [0.15, 0.2) is 18.3 Å². The van der Waals surface area contributed by atoms with Crippen molar-refractivity contribution in [1.82, 2.24) is 19.9 Å². The Bertz CT molecular complexity index is 504. The first-order valence-electron chi connectivity index (χ1n) is 4.61. The average molecular weight is 205 g/mol. The highest BCUT2D eigenvalue weighted by molar-refractivity contribution is 5.93. The summed E-state index contributed by atoms with van der Waals surface area (Å²) in [6, 6.07) is 3.36. The lowest BCUT2D eigenvalue weighted by atomic mass is 10.4. The van der Waals surface area contributed by atoms with Crippen LogP contribution >= 0.6 is 0 Å². The van der Waals surface area contributed by atoms with Crippen molar-refractivity contribution in [2.45, 2.75) is 6.92 Å². The molecule has 2 aromatic rings. The standard InChI is InChI=1S/C9H11N5O/c1-2-11-9(15)6-5-12-8-4-3-7(10)13-14(6)8/h3-5H,2H2,1H3,(H2,10,13)(H,11,15). The molecule has 6 nitrogen and oxygen atoms in total. The number of hydrogen-bond donors (Lipinski definition) is 2. The van der Waals surface area contributed by atoms with Gasteiger partial charge in [-0.05, 0) is 19.1 Å². The maximum Gasteiger partial charge on any atom is 0.271 e. The van der Waals surface area contributed by atoms with E-state index in [2.05, 4.69) is 15.4 Å². The minimum Gasteiger partial charge on any atom is -0.382 e. The molecule has 2 rings (SSSR count). The van der Waals surface area contributed by atoms with Gasteiger partial charge in [0.15, 0.2) is 11.3 Å². The molecular formula is C9H11N5O. The van der Waals surface area contributed by atoms with E-state index in [1.54, 1.807) is 12.1 Å². The predicted octanol–water partition coefficient (Wildman–Crippen LogP) is 0.0612. The third-order valence-electron chi connectivity index (χ3n) is 1.95. The Balaban J connectivity index is 2.52. The second-order valence-electron chi connectivity index (χ2n) is 3.03. The number of anilines is 1. The van der Waals surface area contributed by atoms with Crippen molar-refractivity contribution < 1.29 is 4.79 Å². The minimum absolute atomic E-state index is 0.205. The molecule has 6 heteroatoms. The van der Waals surface area contributed by atoms with Crippen molar-refractivity contribution in [2.24, 2.45) is 0 Å². The third-order valence-corrected chi connectivity index (χ3v) is 1.95. The van der Waals surface area contributed by atoms with Gasteiger partial charge in [-0.2, -0.15) is 0 Å². The lowest BCUT2D eigenvalue weighted by Gasteiger charge is -2.01. The smallest absolute Gasteiger partial charge is 0.271 e. The molecule has 2 heterocycles. The molecule has 0 saturated carbocycles. The number of nitrogens with zero attached hydrogens (tertiary/aromatic N) is 3. The number of amides is 1. The molecule has 0 aliphatic carbocycles. The molecular weight excluding hydrogens is 194 g/mol. The molecule has 0 aromatic carbocycles. The van der Waals surface area contributed by atoms with E-state index in [4.69, 9.17) is 5.73 Å². The second kappa shape index (κ2) is 3.56. The van der Waals surface area contributed by atoms with E-state index < -0.39 is 0 Å². The van der Waals surface area contributed by atoms with E-state index in [1.807, 2.05) is 6.92 Å². The number of hydrogen-bond acceptors (Lipinski definition) is 4. The number of carbonyl (C=O) groups excluding carboxylic acids is 1. The van der Waals surface area contributed by atoms with Gasteiger partial charge in [0.05, 0.1) is 6.20 Å². The molecule has 78 valence electrons. The molecule has 0 spiro atoms. The van der Waals surface area contributed by atoms with Gasteiger partial charge in [-0.3, -0.25) is 4.79 Å². The molecule has 3 N–H and O–H groups in total. The van der Waals surface area contributed by atoms with Gasteiger partial charge >= 0.3 is 0 Å². The molecule has 0 radical (unpaired) electrons. The lowest BCUT2D eigenvalue weighted by Crippen LogP contribution is -2.24. The molecule has 15 heavy (non-hydrogen) atoms. The van der Waals surface area contributed by atoms with Gasteiger partial charge in [0, 0.05) is 6.54 Å². The fourth-order valence-electron chi connectivity index (χ4n) is 1.29. The summed E-state index contributed by atoms with van der Waals surface area (Å²) in [5.74, 6) is 0.147. The summed E-state index contributed by atoms with van der Waals surface area (Å²) in [6.45, 7) is 2.41. The van der Waals surface area contributed by atoms with E-state index in [0.29, 0.717) is 23.7 Å². The van der Waals surface area contributed by atoms with Crippen LogP contribution in [0.5, 0.6) is 0 Å². The maximum absolute atomic E-state index is 11.6. The Hall–Kier alpha value is -2.11. The van der Waals surface area contributed by atoms with E-state index in [-0.39, 0.29) is 5.91 Å². The first-order chi connectivity index (χ1) is 7.22. The lowest BCUT2D eigenvalue weighted by molar-refractivity contribution is 0.0949. The fraction of sp³-hybridized carbons (Fsp3) is 0.222. The van der Waals surface area contributed by atoms with E-state index in [9.17, 15) is 4.79 Å². The summed E-state index contributed by atoms with van der Waals surface area (Å²) >= 11 is 0. The van der Waals surface area contributed by atoms with Gasteiger partial charge in [-0.25, -0.2) is 9.50 Å². The Morgan fingerprint density at radius 2 is 2.40 bits per heavy atom. The van der Waals surface area contributed by atoms with Crippen molar-refractivity contribution in [3.63, 3.8) is 0 Å². The summed E-state index contributed by atoms with van der Waals surface area (Å²) in [4.78, 5) is 15.6. The van der Waals surface area contributed by atoms with Gasteiger partial charge < -0.3 is 11.1 Å². The number of nitrogen functional groups attached to an aromatic ring is 1. The minimum atomic E-state index is -0.205. The molecule has 2 aromatic heterocycles. The van der Waals surface area contributed by atoms with Crippen LogP contribution in [0.1, 0.15) is 17.4 Å². The Morgan fingerprint density at radius 3 is 3.13 bits per heavy atom. The van der Waals surface area contributed by atoms with Crippen LogP contribution in [0.4, 0.5) is 5.82 Å². The highest BCUT2D eigenvalue weighted by Crippen LogP contribution is 2.06. The highest BCUT2D eigenvalue weighted by Gasteiger charge is 2.11. The zero-order valence-electron chi connectivity index (χ0n) is 8.27. The number of aromatic nitrogens is 3. The zero-order valence-corrected chi connectivity index (χ0v) is 8.27. The SMILES string of the molecule is CCNC(=O)c1cnc2ccc(N)nn12. The number of carbonyl (C=O) groups is 1. The van der Waals surface area contributed by atoms with Crippen LogP contribution in [0, 0.1) is 0 Å². The van der Waals surface area contributed by atoms with Crippen LogP contribution in [-0.4, -0.2) is 27.0 Å². The summed E-state index contributed by atoms with van der Waals surface area (Å²) in [7, 11) is 0. The van der Waals surface area contributed by atoms with Crippen molar-refractivity contribution in [3.8, 4) is 0 Å². The van der Waals surface area contributed by atoms with Gasteiger partial charge in [-0.1, -0.05) is 0 Å².